The van der Waals surface area contributed by atoms with Gasteiger partial charge in [-0.2, -0.15) is 10.5 Å². The Hall–Kier alpha value is -1.68. The lowest BCUT2D eigenvalue weighted by molar-refractivity contribution is 0.505. The molecular weight excluding hydrogens is 164 g/mol. The lowest BCUT2D eigenvalue weighted by Crippen LogP contribution is -2.28. The van der Waals surface area contributed by atoms with Crippen LogP contribution >= 0.6 is 0 Å². The molecule has 0 spiro atoms. The van der Waals surface area contributed by atoms with Crippen LogP contribution in [0.15, 0.2) is 11.4 Å². The topological polar surface area (TPSA) is 71.6 Å². The first kappa shape index (κ1) is 9.41. The van der Waals surface area contributed by atoms with E-state index in [1.807, 2.05) is 26.0 Å². The standard InChI is InChI=1S/C9H12N4/c1-6-3-7(2)13-9(5-11)8(4-10)12-6/h6-7,12-13H,3H2,1-2H3. The Kier molecular flexibility index (Phi) is 2.76. The molecule has 1 aliphatic heterocycles. The molecule has 1 heterocycles. The minimum Gasteiger partial charge on any atom is -0.372 e. The minimum atomic E-state index is 0.225. The van der Waals surface area contributed by atoms with E-state index in [0.717, 1.165) is 6.42 Å². The van der Waals surface area contributed by atoms with Crippen LogP contribution in [0.3, 0.4) is 0 Å². The van der Waals surface area contributed by atoms with E-state index in [4.69, 9.17) is 10.5 Å². The van der Waals surface area contributed by atoms with Gasteiger partial charge in [0.05, 0.1) is 0 Å². The van der Waals surface area contributed by atoms with Crippen molar-refractivity contribution in [3.05, 3.63) is 11.4 Å². The highest BCUT2D eigenvalue weighted by Gasteiger charge is 2.18. The fourth-order valence-electron chi connectivity index (χ4n) is 1.46. The molecule has 1 rings (SSSR count). The lowest BCUT2D eigenvalue weighted by atomic mass is 10.1. The van der Waals surface area contributed by atoms with Gasteiger partial charge in [0.2, 0.25) is 0 Å². The molecule has 2 N–H and O–H groups in total. The average Bonchev–Trinajstić information content (AvgIpc) is 2.23. The van der Waals surface area contributed by atoms with Crippen molar-refractivity contribution in [3.63, 3.8) is 0 Å². The zero-order valence-electron chi connectivity index (χ0n) is 7.76. The predicted octanol–water partition coefficient (Wildman–Crippen LogP) is 0.605. The van der Waals surface area contributed by atoms with Crippen LogP contribution in [-0.4, -0.2) is 12.1 Å². The van der Waals surface area contributed by atoms with Gasteiger partial charge in [-0.25, -0.2) is 0 Å². The Morgan fingerprint density at radius 2 is 1.46 bits per heavy atom. The number of nitrogens with one attached hydrogen (secondary N) is 2. The molecule has 0 saturated heterocycles. The molecule has 0 aromatic heterocycles. The first-order valence-corrected chi connectivity index (χ1v) is 4.25. The molecule has 2 unspecified atom stereocenters. The van der Waals surface area contributed by atoms with E-state index in [1.165, 1.54) is 0 Å². The molecule has 2 atom stereocenters. The maximum atomic E-state index is 8.76. The quantitative estimate of drug-likeness (QED) is 0.567. The van der Waals surface area contributed by atoms with Gasteiger partial charge >= 0.3 is 0 Å². The van der Waals surface area contributed by atoms with Gasteiger partial charge in [-0.3, -0.25) is 0 Å². The molecule has 0 saturated carbocycles. The van der Waals surface area contributed by atoms with Crippen LogP contribution in [0.25, 0.3) is 0 Å². The van der Waals surface area contributed by atoms with Crippen molar-refractivity contribution in [2.24, 2.45) is 0 Å². The number of hydrogen-bond donors (Lipinski definition) is 2. The number of allylic oxidation sites excluding steroid dienone is 2. The summed E-state index contributed by atoms with van der Waals surface area (Å²) >= 11 is 0. The van der Waals surface area contributed by atoms with Gasteiger partial charge in [-0.1, -0.05) is 0 Å². The molecule has 0 aromatic rings. The number of nitrogens with zero attached hydrogens (tertiary/aromatic N) is 2. The summed E-state index contributed by atoms with van der Waals surface area (Å²) in [6.07, 6.45) is 0.899. The summed E-state index contributed by atoms with van der Waals surface area (Å²) in [7, 11) is 0. The number of nitriles is 2. The molecule has 13 heavy (non-hydrogen) atoms. The van der Waals surface area contributed by atoms with Crippen molar-refractivity contribution in [3.8, 4) is 12.1 Å². The van der Waals surface area contributed by atoms with Crippen LogP contribution in [0, 0.1) is 22.7 Å². The summed E-state index contributed by atoms with van der Waals surface area (Å²) < 4.78 is 0. The number of hydrogen-bond acceptors (Lipinski definition) is 4. The zero-order chi connectivity index (χ0) is 9.84. The van der Waals surface area contributed by atoms with Gasteiger partial charge in [-0.15, -0.1) is 0 Å². The molecule has 4 nitrogen and oxygen atoms in total. The zero-order valence-corrected chi connectivity index (χ0v) is 7.76. The van der Waals surface area contributed by atoms with Crippen molar-refractivity contribution in [2.75, 3.05) is 0 Å². The summed E-state index contributed by atoms with van der Waals surface area (Å²) in [4.78, 5) is 0. The molecule has 0 amide bonds. The van der Waals surface area contributed by atoms with Crippen molar-refractivity contribution in [1.82, 2.24) is 10.6 Å². The maximum Gasteiger partial charge on any atom is 0.148 e. The lowest BCUT2D eigenvalue weighted by Gasteiger charge is -2.13. The summed E-state index contributed by atoms with van der Waals surface area (Å²) in [5.74, 6) is 0. The van der Waals surface area contributed by atoms with Crippen LogP contribution in [0.1, 0.15) is 20.3 Å². The molecule has 4 heteroatoms. The van der Waals surface area contributed by atoms with Crippen molar-refractivity contribution in [1.29, 1.82) is 10.5 Å². The third-order valence-corrected chi connectivity index (χ3v) is 1.96. The fourth-order valence-corrected chi connectivity index (χ4v) is 1.46. The second-order valence-electron chi connectivity index (χ2n) is 3.30. The molecule has 68 valence electrons. The Morgan fingerprint density at radius 1 is 1.08 bits per heavy atom. The molecule has 0 aromatic carbocycles. The molecule has 0 aliphatic carbocycles. The highest BCUT2D eigenvalue weighted by molar-refractivity contribution is 5.35. The highest BCUT2D eigenvalue weighted by Crippen LogP contribution is 2.09. The first-order chi connectivity index (χ1) is 6.17. The highest BCUT2D eigenvalue weighted by atomic mass is 15.0. The van der Waals surface area contributed by atoms with Gasteiger partial charge < -0.3 is 10.6 Å². The summed E-state index contributed by atoms with van der Waals surface area (Å²) in [6, 6.07) is 4.41. The largest absolute Gasteiger partial charge is 0.372 e. The summed E-state index contributed by atoms with van der Waals surface area (Å²) in [5, 5.41) is 23.5. The Labute approximate surface area is 77.8 Å². The smallest absolute Gasteiger partial charge is 0.148 e. The van der Waals surface area contributed by atoms with Gasteiger partial charge in [0.15, 0.2) is 0 Å². The SMILES string of the molecule is CC1CC(C)NC(C#N)=C(C#N)N1. The predicted molar refractivity (Wildman–Crippen MR) is 48.1 cm³/mol. The normalized spacial score (nSPS) is 27.7. The minimum absolute atomic E-state index is 0.225. The van der Waals surface area contributed by atoms with Gasteiger partial charge in [0, 0.05) is 12.1 Å². The van der Waals surface area contributed by atoms with Crippen LogP contribution in [0.4, 0.5) is 0 Å². The number of rotatable bonds is 0. The van der Waals surface area contributed by atoms with Gasteiger partial charge in [0.1, 0.15) is 23.5 Å². The summed E-state index contributed by atoms with van der Waals surface area (Å²) in [5.41, 5.74) is 0.693. The average molecular weight is 176 g/mol. The van der Waals surface area contributed by atoms with Crippen LogP contribution in [0.5, 0.6) is 0 Å². The van der Waals surface area contributed by atoms with Gasteiger partial charge in [-0.05, 0) is 20.3 Å². The molecular formula is C9H12N4. The Balaban J connectivity index is 2.96. The second kappa shape index (κ2) is 3.82. The van der Waals surface area contributed by atoms with Gasteiger partial charge in [0.25, 0.3) is 0 Å². The van der Waals surface area contributed by atoms with E-state index in [1.54, 1.807) is 0 Å². The van der Waals surface area contributed by atoms with Crippen molar-refractivity contribution in [2.45, 2.75) is 32.4 Å². The van der Waals surface area contributed by atoms with E-state index in [0.29, 0.717) is 11.4 Å². The van der Waals surface area contributed by atoms with E-state index < -0.39 is 0 Å². The van der Waals surface area contributed by atoms with E-state index in [2.05, 4.69) is 10.6 Å². The van der Waals surface area contributed by atoms with E-state index in [-0.39, 0.29) is 12.1 Å². The summed E-state index contributed by atoms with van der Waals surface area (Å²) in [6.45, 7) is 3.99. The molecule has 0 radical (unpaired) electrons. The molecule has 1 aliphatic rings. The third kappa shape index (κ3) is 2.13. The first-order valence-electron chi connectivity index (χ1n) is 4.25. The fraction of sp³-hybridized carbons (Fsp3) is 0.556. The van der Waals surface area contributed by atoms with Crippen LogP contribution < -0.4 is 10.6 Å². The second-order valence-corrected chi connectivity index (χ2v) is 3.30. The van der Waals surface area contributed by atoms with E-state index in [9.17, 15) is 0 Å². The maximum absolute atomic E-state index is 8.76. The molecule has 0 fully saturated rings. The Bertz CT molecular complexity index is 275. The van der Waals surface area contributed by atoms with E-state index >= 15 is 0 Å². The Morgan fingerprint density at radius 3 is 1.77 bits per heavy atom. The van der Waals surface area contributed by atoms with Crippen molar-refractivity contribution >= 4 is 0 Å². The molecule has 0 bridgehead atoms. The third-order valence-electron chi connectivity index (χ3n) is 1.96. The van der Waals surface area contributed by atoms with Crippen LogP contribution in [0.2, 0.25) is 0 Å². The van der Waals surface area contributed by atoms with Crippen LogP contribution in [-0.2, 0) is 0 Å². The van der Waals surface area contributed by atoms with Crippen molar-refractivity contribution < 1.29 is 0 Å². The monoisotopic (exact) mass is 176 g/mol.